The second-order valence-electron chi connectivity index (χ2n) is 5.78. The lowest BCUT2D eigenvalue weighted by Gasteiger charge is -2.25. The molecule has 3 aliphatic rings. The van der Waals surface area contributed by atoms with Gasteiger partial charge < -0.3 is 10.1 Å². The van der Waals surface area contributed by atoms with Crippen molar-refractivity contribution < 1.29 is 13.5 Å². The second-order valence-corrected chi connectivity index (χ2v) is 5.78. The van der Waals surface area contributed by atoms with E-state index in [9.17, 15) is 8.78 Å². The summed E-state index contributed by atoms with van der Waals surface area (Å²) >= 11 is 0. The third-order valence-corrected chi connectivity index (χ3v) is 4.78. The SMILES string of the molecule is Cl.FC1(F)C(C2CCOCC2)C1C1CCCNC1. The normalized spacial score (nSPS) is 40.0. The van der Waals surface area contributed by atoms with E-state index in [1.54, 1.807) is 0 Å². The molecule has 0 aromatic carbocycles. The first-order chi connectivity index (χ1) is 8.21. The van der Waals surface area contributed by atoms with E-state index in [1.165, 1.54) is 0 Å². The quantitative estimate of drug-likeness (QED) is 0.840. The Bertz CT molecular complexity index is 252. The van der Waals surface area contributed by atoms with E-state index in [0.29, 0.717) is 13.2 Å². The minimum absolute atomic E-state index is 0. The highest BCUT2D eigenvalue weighted by Crippen LogP contribution is 2.64. The molecule has 0 bridgehead atoms. The number of hydrogen-bond donors (Lipinski definition) is 1. The van der Waals surface area contributed by atoms with Gasteiger partial charge in [0, 0.05) is 25.0 Å². The van der Waals surface area contributed by atoms with Crippen LogP contribution in [0.5, 0.6) is 0 Å². The highest BCUT2D eigenvalue weighted by atomic mass is 35.5. The smallest absolute Gasteiger partial charge is 0.255 e. The van der Waals surface area contributed by atoms with Crippen LogP contribution in [-0.4, -0.2) is 32.2 Å². The summed E-state index contributed by atoms with van der Waals surface area (Å²) < 4.78 is 33.2. The molecule has 0 aromatic heterocycles. The molecule has 2 aliphatic heterocycles. The summed E-state index contributed by atoms with van der Waals surface area (Å²) in [6.07, 6.45) is 3.69. The van der Waals surface area contributed by atoms with E-state index in [0.717, 1.165) is 38.8 Å². The fourth-order valence-corrected chi connectivity index (χ4v) is 3.85. The van der Waals surface area contributed by atoms with Crippen LogP contribution in [0.3, 0.4) is 0 Å². The summed E-state index contributed by atoms with van der Waals surface area (Å²) in [6.45, 7) is 3.14. The molecule has 106 valence electrons. The number of halogens is 3. The van der Waals surface area contributed by atoms with E-state index in [-0.39, 0.29) is 36.1 Å². The summed E-state index contributed by atoms with van der Waals surface area (Å²) in [7, 11) is 0. The highest BCUT2D eigenvalue weighted by Gasteiger charge is 2.71. The molecule has 18 heavy (non-hydrogen) atoms. The van der Waals surface area contributed by atoms with Crippen molar-refractivity contribution >= 4 is 12.4 Å². The fourth-order valence-electron chi connectivity index (χ4n) is 3.85. The molecule has 1 saturated carbocycles. The van der Waals surface area contributed by atoms with E-state index in [4.69, 9.17) is 4.74 Å². The Hall–Kier alpha value is 0.0700. The van der Waals surface area contributed by atoms with E-state index >= 15 is 0 Å². The van der Waals surface area contributed by atoms with Crippen molar-refractivity contribution in [3.8, 4) is 0 Å². The van der Waals surface area contributed by atoms with Crippen LogP contribution < -0.4 is 5.32 Å². The van der Waals surface area contributed by atoms with Crippen LogP contribution >= 0.6 is 12.4 Å². The lowest BCUT2D eigenvalue weighted by Crippen LogP contribution is -2.32. The van der Waals surface area contributed by atoms with Gasteiger partial charge in [-0.15, -0.1) is 12.4 Å². The second kappa shape index (κ2) is 5.59. The molecule has 1 N–H and O–H groups in total. The topological polar surface area (TPSA) is 21.3 Å². The van der Waals surface area contributed by atoms with Crippen LogP contribution in [0.4, 0.5) is 8.78 Å². The zero-order valence-electron chi connectivity index (χ0n) is 10.5. The van der Waals surface area contributed by atoms with Gasteiger partial charge in [0.15, 0.2) is 0 Å². The molecule has 3 atom stereocenters. The molecule has 3 rings (SSSR count). The van der Waals surface area contributed by atoms with Gasteiger partial charge in [0.2, 0.25) is 0 Å². The Morgan fingerprint density at radius 3 is 2.28 bits per heavy atom. The molecule has 2 saturated heterocycles. The fraction of sp³-hybridized carbons (Fsp3) is 1.00. The average Bonchev–Trinajstić information content (AvgIpc) is 2.94. The molecule has 0 spiro atoms. The van der Waals surface area contributed by atoms with E-state index in [1.807, 2.05) is 0 Å². The minimum Gasteiger partial charge on any atom is -0.381 e. The molecular weight excluding hydrogens is 260 g/mol. The molecule has 0 aromatic rings. The number of piperidine rings is 1. The summed E-state index contributed by atoms with van der Waals surface area (Å²) in [5, 5.41) is 3.26. The van der Waals surface area contributed by atoms with Crippen LogP contribution in [-0.2, 0) is 4.74 Å². The standard InChI is InChI=1S/C13H21F2NO.ClH/c14-13(15)11(9-3-6-17-7-4-9)12(13)10-2-1-5-16-8-10;/h9-12,16H,1-8H2;1H. The average molecular weight is 282 g/mol. The highest BCUT2D eigenvalue weighted by molar-refractivity contribution is 5.85. The van der Waals surface area contributed by atoms with Crippen molar-refractivity contribution in [1.29, 1.82) is 0 Å². The summed E-state index contributed by atoms with van der Waals surface area (Å²) in [6, 6.07) is 0. The van der Waals surface area contributed by atoms with Gasteiger partial charge in [-0.1, -0.05) is 0 Å². The van der Waals surface area contributed by atoms with Crippen molar-refractivity contribution in [2.75, 3.05) is 26.3 Å². The number of ether oxygens (including phenoxy) is 1. The molecule has 3 unspecified atom stereocenters. The molecule has 1 aliphatic carbocycles. The lowest BCUT2D eigenvalue weighted by atomic mass is 9.87. The van der Waals surface area contributed by atoms with E-state index < -0.39 is 5.92 Å². The number of rotatable bonds is 2. The molecule has 0 radical (unpaired) electrons. The minimum atomic E-state index is -2.40. The molecule has 0 amide bonds. The number of nitrogens with one attached hydrogen (secondary N) is 1. The maximum atomic E-state index is 14.0. The molecule has 2 heterocycles. The van der Waals surface area contributed by atoms with Crippen LogP contribution in [0.2, 0.25) is 0 Å². The van der Waals surface area contributed by atoms with Gasteiger partial charge in [0.1, 0.15) is 0 Å². The summed E-state index contributed by atoms with van der Waals surface area (Å²) in [5.74, 6) is -2.70. The van der Waals surface area contributed by atoms with Crippen molar-refractivity contribution in [1.82, 2.24) is 5.32 Å². The third kappa shape index (κ3) is 2.52. The molecule has 3 fully saturated rings. The van der Waals surface area contributed by atoms with Crippen LogP contribution in [0.25, 0.3) is 0 Å². The lowest BCUT2D eigenvalue weighted by molar-refractivity contribution is 0.0279. The summed E-state index contributed by atoms with van der Waals surface area (Å²) in [4.78, 5) is 0. The van der Waals surface area contributed by atoms with Crippen LogP contribution in [0, 0.1) is 23.7 Å². The maximum absolute atomic E-state index is 14.0. The molecular formula is C13H22ClF2NO. The zero-order valence-corrected chi connectivity index (χ0v) is 11.4. The monoisotopic (exact) mass is 281 g/mol. The van der Waals surface area contributed by atoms with Crippen molar-refractivity contribution in [3.63, 3.8) is 0 Å². The zero-order chi connectivity index (χ0) is 11.9. The van der Waals surface area contributed by atoms with E-state index in [2.05, 4.69) is 5.32 Å². The Morgan fingerprint density at radius 2 is 1.67 bits per heavy atom. The largest absolute Gasteiger partial charge is 0.381 e. The van der Waals surface area contributed by atoms with Gasteiger partial charge in [0.05, 0.1) is 0 Å². The number of hydrogen-bond acceptors (Lipinski definition) is 2. The van der Waals surface area contributed by atoms with Crippen LogP contribution in [0.15, 0.2) is 0 Å². The van der Waals surface area contributed by atoms with Crippen molar-refractivity contribution in [2.24, 2.45) is 23.7 Å². The first-order valence-electron chi connectivity index (χ1n) is 6.87. The van der Waals surface area contributed by atoms with Gasteiger partial charge in [-0.2, -0.15) is 0 Å². The van der Waals surface area contributed by atoms with Crippen molar-refractivity contribution in [2.45, 2.75) is 31.6 Å². The molecule has 2 nitrogen and oxygen atoms in total. The first kappa shape index (κ1) is 14.5. The first-order valence-corrected chi connectivity index (χ1v) is 6.87. The Morgan fingerprint density at radius 1 is 1.00 bits per heavy atom. The molecule has 5 heteroatoms. The van der Waals surface area contributed by atoms with Gasteiger partial charge in [-0.05, 0) is 50.6 Å². The van der Waals surface area contributed by atoms with Crippen LogP contribution in [0.1, 0.15) is 25.7 Å². The van der Waals surface area contributed by atoms with Gasteiger partial charge >= 0.3 is 0 Å². The van der Waals surface area contributed by atoms with Gasteiger partial charge in [-0.25, -0.2) is 8.78 Å². The Labute approximate surface area is 113 Å². The maximum Gasteiger partial charge on any atom is 0.255 e. The van der Waals surface area contributed by atoms with Gasteiger partial charge in [0.25, 0.3) is 5.92 Å². The van der Waals surface area contributed by atoms with Gasteiger partial charge in [-0.3, -0.25) is 0 Å². The Kier molecular flexibility index (Phi) is 4.50. The van der Waals surface area contributed by atoms with Crippen molar-refractivity contribution in [3.05, 3.63) is 0 Å². The third-order valence-electron chi connectivity index (χ3n) is 4.78. The number of alkyl halides is 2. The Balaban J connectivity index is 0.00000120. The predicted molar refractivity (Wildman–Crippen MR) is 68.3 cm³/mol. The summed E-state index contributed by atoms with van der Waals surface area (Å²) in [5.41, 5.74) is 0. The predicted octanol–water partition coefficient (Wildman–Crippen LogP) is 2.72.